The number of hydrogen-bond acceptors (Lipinski definition) is 8. The van der Waals surface area contributed by atoms with Gasteiger partial charge in [0, 0.05) is 5.75 Å². The number of hydrogen-bond donors (Lipinski definition) is 1. The maximum atomic E-state index is 13.5. The summed E-state index contributed by atoms with van der Waals surface area (Å²) >= 11 is 4.40. The average molecular weight is 543 g/mol. The van der Waals surface area contributed by atoms with Gasteiger partial charge < -0.3 is 5.11 Å². The molecule has 3 aromatic carbocycles. The number of aliphatic hydroxyl groups excluding tert-OH is 1. The Kier molecular flexibility index (Phi) is 6.50. The lowest BCUT2D eigenvalue weighted by Gasteiger charge is -2.24. The predicted octanol–water partition coefficient (Wildman–Crippen LogP) is 7.06. The number of rotatable bonds is 7. The van der Waals surface area contributed by atoms with Gasteiger partial charge in [0.1, 0.15) is 5.01 Å². The molecule has 1 N–H and O–H groups in total. The average Bonchev–Trinajstić information content (AvgIpc) is 3.64. The molecule has 1 aliphatic rings. The van der Waals surface area contributed by atoms with Crippen LogP contribution < -0.4 is 4.90 Å². The number of nitrogens with zero attached hydrogens (tertiary/aromatic N) is 4. The molecule has 0 saturated carbocycles. The Labute approximate surface area is 226 Å². The Hall–Kier alpha value is -3.53. The number of benzene rings is 3. The molecule has 2 aromatic heterocycles. The Balaban J connectivity index is 1.39. The van der Waals surface area contributed by atoms with Gasteiger partial charge in [-0.25, -0.2) is 4.98 Å². The first-order valence-electron chi connectivity index (χ1n) is 11.8. The number of aromatic nitrogens is 3. The van der Waals surface area contributed by atoms with Crippen LogP contribution in [-0.2, 0) is 17.0 Å². The molecule has 0 bridgehead atoms. The summed E-state index contributed by atoms with van der Waals surface area (Å²) in [6, 6.07) is 25.6. The SMILES string of the molecule is CCc1ccc(C2C(c3nc4ccccc4s3)=C(O)C(=O)N2c2nnc(SCc3ccccc3)s2)cc1. The van der Waals surface area contributed by atoms with E-state index in [0.29, 0.717) is 15.7 Å². The van der Waals surface area contributed by atoms with E-state index in [9.17, 15) is 9.90 Å². The number of para-hydroxylation sites is 1. The number of amides is 1. The molecule has 0 saturated heterocycles. The van der Waals surface area contributed by atoms with Crippen molar-refractivity contribution in [3.05, 3.63) is 106 Å². The highest BCUT2D eigenvalue weighted by Gasteiger charge is 2.44. The lowest BCUT2D eigenvalue weighted by molar-refractivity contribution is -0.117. The van der Waals surface area contributed by atoms with Crippen molar-refractivity contribution in [3.63, 3.8) is 0 Å². The van der Waals surface area contributed by atoms with E-state index >= 15 is 0 Å². The van der Waals surface area contributed by atoms with Gasteiger partial charge >= 0.3 is 0 Å². The van der Waals surface area contributed by atoms with Crippen LogP contribution >= 0.6 is 34.4 Å². The van der Waals surface area contributed by atoms with Crippen molar-refractivity contribution in [2.24, 2.45) is 0 Å². The van der Waals surface area contributed by atoms with Crippen LogP contribution in [0, 0.1) is 0 Å². The molecule has 3 heterocycles. The zero-order valence-electron chi connectivity index (χ0n) is 19.9. The zero-order chi connectivity index (χ0) is 25.4. The third-order valence-corrected chi connectivity index (χ3v) is 9.44. The number of carbonyl (C=O) groups excluding carboxylic acids is 1. The summed E-state index contributed by atoms with van der Waals surface area (Å²) in [6.45, 7) is 2.11. The third kappa shape index (κ3) is 4.54. The molecule has 1 aliphatic heterocycles. The van der Waals surface area contributed by atoms with E-state index in [-0.39, 0.29) is 5.76 Å². The fourth-order valence-corrected chi connectivity index (χ4v) is 7.20. The maximum Gasteiger partial charge on any atom is 0.296 e. The molecule has 6 nitrogen and oxygen atoms in total. The van der Waals surface area contributed by atoms with Gasteiger partial charge in [-0.15, -0.1) is 21.5 Å². The van der Waals surface area contributed by atoms with E-state index in [1.165, 1.54) is 33.8 Å². The lowest BCUT2D eigenvalue weighted by atomic mass is 9.98. The largest absolute Gasteiger partial charge is 0.503 e. The highest BCUT2D eigenvalue weighted by Crippen LogP contribution is 2.48. The quantitative estimate of drug-likeness (QED) is 0.175. The Morgan fingerprint density at radius 2 is 1.68 bits per heavy atom. The highest BCUT2D eigenvalue weighted by molar-refractivity contribution is 8.00. The van der Waals surface area contributed by atoms with Crippen LogP contribution in [0.5, 0.6) is 0 Å². The highest BCUT2D eigenvalue weighted by atomic mass is 32.2. The number of aliphatic hydroxyl groups is 1. The molecule has 1 amide bonds. The van der Waals surface area contributed by atoms with E-state index in [0.717, 1.165) is 32.3 Å². The topological polar surface area (TPSA) is 79.2 Å². The van der Waals surface area contributed by atoms with Crippen molar-refractivity contribution in [2.45, 2.75) is 29.5 Å². The van der Waals surface area contributed by atoms with Gasteiger partial charge in [-0.1, -0.05) is 96.8 Å². The maximum absolute atomic E-state index is 13.5. The van der Waals surface area contributed by atoms with Crippen LogP contribution in [0.2, 0.25) is 0 Å². The summed E-state index contributed by atoms with van der Waals surface area (Å²) in [6.07, 6.45) is 0.914. The standard InChI is InChI=1S/C28H22N4O2S3/c1-2-17-12-14-19(15-13-17)23-22(25-29-20-10-6-7-11-21(20)36-25)24(33)26(34)32(23)27-30-31-28(37-27)35-16-18-8-4-3-5-9-18/h3-15,23,33H,2,16H2,1H3. The Bertz CT molecular complexity index is 1580. The van der Waals surface area contributed by atoms with Gasteiger partial charge in [0.25, 0.3) is 5.91 Å². The second-order valence-corrected chi connectivity index (χ2v) is 11.8. The molecule has 1 unspecified atom stereocenters. The molecule has 0 radical (unpaired) electrons. The number of thioether (sulfide) groups is 1. The van der Waals surface area contributed by atoms with E-state index in [1.54, 1.807) is 16.7 Å². The van der Waals surface area contributed by atoms with Crippen LogP contribution in [0.15, 0.2) is 89.0 Å². The smallest absolute Gasteiger partial charge is 0.296 e. The first-order chi connectivity index (χ1) is 18.1. The summed E-state index contributed by atoms with van der Waals surface area (Å²) in [5.41, 5.74) is 4.61. The Morgan fingerprint density at radius 3 is 2.43 bits per heavy atom. The molecule has 1 atom stereocenters. The monoisotopic (exact) mass is 542 g/mol. The number of fused-ring (bicyclic) bond motifs is 1. The van der Waals surface area contributed by atoms with Crippen molar-refractivity contribution in [1.29, 1.82) is 0 Å². The summed E-state index contributed by atoms with van der Waals surface area (Å²) in [7, 11) is 0. The lowest BCUT2D eigenvalue weighted by Crippen LogP contribution is -2.30. The molecule has 0 aliphatic carbocycles. The second kappa shape index (κ2) is 10.1. The van der Waals surface area contributed by atoms with E-state index in [4.69, 9.17) is 4.98 Å². The van der Waals surface area contributed by atoms with Crippen LogP contribution in [0.4, 0.5) is 5.13 Å². The summed E-state index contributed by atoms with van der Waals surface area (Å²) < 4.78 is 1.76. The van der Waals surface area contributed by atoms with Crippen LogP contribution in [-0.4, -0.2) is 26.2 Å². The van der Waals surface area contributed by atoms with Crippen LogP contribution in [0.25, 0.3) is 15.8 Å². The van der Waals surface area contributed by atoms with Crippen LogP contribution in [0.1, 0.15) is 34.7 Å². The number of thiazole rings is 1. The fourth-order valence-electron chi connectivity index (χ4n) is 4.34. The molecule has 9 heteroatoms. The normalized spacial score (nSPS) is 15.8. The molecule has 0 fully saturated rings. The molecule has 5 aromatic rings. The zero-order valence-corrected chi connectivity index (χ0v) is 22.3. The van der Waals surface area contributed by atoms with Gasteiger partial charge in [0.2, 0.25) is 5.13 Å². The van der Waals surface area contributed by atoms with Gasteiger partial charge in [0.15, 0.2) is 10.1 Å². The van der Waals surface area contributed by atoms with Crippen molar-refractivity contribution >= 4 is 61.3 Å². The Morgan fingerprint density at radius 1 is 0.919 bits per heavy atom. The van der Waals surface area contributed by atoms with E-state index < -0.39 is 11.9 Å². The number of aryl methyl sites for hydroxylation is 1. The van der Waals surface area contributed by atoms with Crippen molar-refractivity contribution in [3.8, 4) is 0 Å². The number of carbonyl (C=O) groups is 1. The van der Waals surface area contributed by atoms with Crippen molar-refractivity contribution in [2.75, 3.05) is 4.90 Å². The third-order valence-electron chi connectivity index (χ3n) is 6.24. The van der Waals surface area contributed by atoms with Crippen molar-refractivity contribution < 1.29 is 9.90 Å². The van der Waals surface area contributed by atoms with Gasteiger partial charge in [0.05, 0.1) is 21.8 Å². The second-order valence-electron chi connectivity index (χ2n) is 8.55. The van der Waals surface area contributed by atoms with E-state index in [1.807, 2.05) is 54.6 Å². The molecule has 6 rings (SSSR count). The molecular formula is C28H22N4O2S3. The molecular weight excluding hydrogens is 521 g/mol. The van der Waals surface area contributed by atoms with Gasteiger partial charge in [-0.3, -0.25) is 9.69 Å². The fraction of sp³-hybridized carbons (Fsp3) is 0.143. The minimum absolute atomic E-state index is 0.294. The van der Waals surface area contributed by atoms with Crippen molar-refractivity contribution in [1.82, 2.24) is 15.2 Å². The minimum atomic E-state index is -0.557. The minimum Gasteiger partial charge on any atom is -0.503 e. The van der Waals surface area contributed by atoms with Gasteiger partial charge in [-0.2, -0.15) is 0 Å². The summed E-state index contributed by atoms with van der Waals surface area (Å²) in [5.74, 6) is -0.0295. The molecule has 0 spiro atoms. The first-order valence-corrected chi connectivity index (χ1v) is 14.5. The van der Waals surface area contributed by atoms with Crippen LogP contribution in [0.3, 0.4) is 0 Å². The van der Waals surface area contributed by atoms with E-state index in [2.05, 4.69) is 41.4 Å². The molecule has 184 valence electrons. The summed E-state index contributed by atoms with van der Waals surface area (Å²) in [5, 5.41) is 21.0. The predicted molar refractivity (Wildman–Crippen MR) is 151 cm³/mol. The first kappa shape index (κ1) is 23.8. The molecule has 37 heavy (non-hydrogen) atoms. The number of anilines is 1. The summed E-state index contributed by atoms with van der Waals surface area (Å²) in [4.78, 5) is 19.9. The van der Waals surface area contributed by atoms with Gasteiger partial charge in [-0.05, 0) is 35.2 Å².